The van der Waals surface area contributed by atoms with Gasteiger partial charge in [-0.1, -0.05) is 12.5 Å². The molecule has 12 nitrogen and oxygen atoms in total. The van der Waals surface area contributed by atoms with Crippen LogP contribution in [0.25, 0.3) is 0 Å². The van der Waals surface area contributed by atoms with E-state index in [1.807, 2.05) is 17.1 Å². The van der Waals surface area contributed by atoms with Crippen molar-refractivity contribution in [1.82, 2.24) is 31.6 Å². The van der Waals surface area contributed by atoms with Crippen molar-refractivity contribution in [2.75, 3.05) is 18.8 Å². The molecular weight excluding hydrogens is 629 g/mol. The topological polar surface area (TPSA) is 171 Å². The van der Waals surface area contributed by atoms with Gasteiger partial charge in [-0.25, -0.2) is 14.6 Å². The number of benzene rings is 1. The number of carboxylic acid groups (broad SMARTS) is 1. The van der Waals surface area contributed by atoms with Crippen LogP contribution in [0.15, 0.2) is 36.4 Å². The van der Waals surface area contributed by atoms with E-state index in [-0.39, 0.29) is 53.4 Å². The fourth-order valence-electron chi connectivity index (χ4n) is 5.18. The van der Waals surface area contributed by atoms with Crippen LogP contribution >= 0.6 is 11.8 Å². The number of fused-ring (bicyclic) bond motifs is 1. The van der Waals surface area contributed by atoms with Crippen molar-refractivity contribution in [3.63, 3.8) is 0 Å². The first kappa shape index (κ1) is 34.7. The van der Waals surface area contributed by atoms with Crippen molar-refractivity contribution < 1.29 is 42.2 Å². The second-order valence-corrected chi connectivity index (χ2v) is 12.3. The molecule has 2 aliphatic rings. The first-order valence-electron chi connectivity index (χ1n) is 15.0. The summed E-state index contributed by atoms with van der Waals surface area (Å²) in [6.45, 7) is 0.558. The maximum Gasteiger partial charge on any atom is 0.433 e. The smallest absolute Gasteiger partial charge is 0.433 e. The van der Waals surface area contributed by atoms with Gasteiger partial charge in [0.1, 0.15) is 11.4 Å². The average molecular weight is 667 g/mol. The minimum atomic E-state index is -4.78. The van der Waals surface area contributed by atoms with Crippen molar-refractivity contribution in [1.29, 1.82) is 0 Å². The zero-order valence-electron chi connectivity index (χ0n) is 25.0. The van der Waals surface area contributed by atoms with E-state index in [0.29, 0.717) is 31.2 Å². The molecule has 4 rings (SSSR count). The van der Waals surface area contributed by atoms with E-state index in [2.05, 4.69) is 26.3 Å². The van der Waals surface area contributed by atoms with E-state index < -0.39 is 23.8 Å². The van der Waals surface area contributed by atoms with E-state index in [0.717, 1.165) is 43.9 Å². The number of rotatable bonds is 16. The molecule has 0 aliphatic carbocycles. The number of nitrogens with zero attached hydrogens (tertiary/aromatic N) is 1. The number of urea groups is 1. The second-order valence-electron chi connectivity index (χ2n) is 11.0. The van der Waals surface area contributed by atoms with Crippen LogP contribution < -0.4 is 31.3 Å². The number of nitrogens with one attached hydrogen (secondary N) is 5. The monoisotopic (exact) mass is 666 g/mol. The summed E-state index contributed by atoms with van der Waals surface area (Å²) in [7, 11) is 0. The molecule has 2 saturated heterocycles. The lowest BCUT2D eigenvalue weighted by Gasteiger charge is -2.16. The highest BCUT2D eigenvalue weighted by Gasteiger charge is 2.42. The molecule has 3 heterocycles. The Labute approximate surface area is 268 Å². The first-order chi connectivity index (χ1) is 22.0. The minimum Gasteiger partial charge on any atom is -0.465 e. The van der Waals surface area contributed by atoms with Crippen LogP contribution in [-0.2, 0) is 17.5 Å². The molecule has 6 N–H and O–H groups in total. The molecular formula is C30H37F3N6O6S. The molecule has 0 radical (unpaired) electrons. The van der Waals surface area contributed by atoms with Crippen molar-refractivity contribution in [3.8, 4) is 11.6 Å². The normalized spacial score (nSPS) is 18.7. The number of hydrogen-bond donors (Lipinski definition) is 6. The Morgan fingerprint density at radius 3 is 2.54 bits per heavy atom. The van der Waals surface area contributed by atoms with Gasteiger partial charge in [0.15, 0.2) is 0 Å². The van der Waals surface area contributed by atoms with Crippen LogP contribution in [0.4, 0.5) is 22.8 Å². The predicted octanol–water partition coefficient (Wildman–Crippen LogP) is 4.40. The molecule has 1 aromatic carbocycles. The highest BCUT2D eigenvalue weighted by atomic mass is 32.2. The summed E-state index contributed by atoms with van der Waals surface area (Å²) in [4.78, 5) is 50.5. The van der Waals surface area contributed by atoms with Crippen molar-refractivity contribution in [2.24, 2.45) is 0 Å². The van der Waals surface area contributed by atoms with E-state index in [1.165, 1.54) is 30.3 Å². The Morgan fingerprint density at radius 1 is 1.00 bits per heavy atom. The third-order valence-electron chi connectivity index (χ3n) is 7.46. The van der Waals surface area contributed by atoms with Crippen LogP contribution in [0, 0.1) is 0 Å². The molecule has 2 fully saturated rings. The number of thioether (sulfide) groups is 1. The van der Waals surface area contributed by atoms with Crippen LogP contribution in [0.2, 0.25) is 0 Å². The molecule has 0 spiro atoms. The van der Waals surface area contributed by atoms with Crippen molar-refractivity contribution in [3.05, 3.63) is 53.2 Å². The number of amides is 5. The van der Waals surface area contributed by atoms with Gasteiger partial charge in [0.2, 0.25) is 11.8 Å². The lowest BCUT2D eigenvalue weighted by molar-refractivity contribution is -0.141. The van der Waals surface area contributed by atoms with Gasteiger partial charge in [-0.2, -0.15) is 24.9 Å². The van der Waals surface area contributed by atoms with Gasteiger partial charge < -0.3 is 36.4 Å². The van der Waals surface area contributed by atoms with Crippen LogP contribution in [0.5, 0.6) is 11.6 Å². The number of hydrogen-bond acceptors (Lipinski definition) is 7. The Kier molecular flexibility index (Phi) is 12.3. The maximum absolute atomic E-state index is 13.3. The lowest BCUT2D eigenvalue weighted by Crippen LogP contribution is -2.36. The summed E-state index contributed by atoms with van der Waals surface area (Å²) in [5.41, 5.74) is -1.01. The Bertz CT molecular complexity index is 1400. The lowest BCUT2D eigenvalue weighted by atomic mass is 10.0. The average Bonchev–Trinajstić information content (AvgIpc) is 3.56. The largest absolute Gasteiger partial charge is 0.465 e. The minimum absolute atomic E-state index is 0.000210. The van der Waals surface area contributed by atoms with Gasteiger partial charge in [-0.05, 0) is 61.9 Å². The zero-order chi connectivity index (χ0) is 33.1. The number of pyridine rings is 1. The third kappa shape index (κ3) is 10.7. The number of alkyl halides is 3. The van der Waals surface area contributed by atoms with Crippen LogP contribution in [-0.4, -0.2) is 70.2 Å². The molecule has 3 atom stereocenters. The number of carbonyl (C=O) groups is 4. The summed E-state index contributed by atoms with van der Waals surface area (Å²) in [6, 6.07) is 8.08. The summed E-state index contributed by atoms with van der Waals surface area (Å²) >= 11 is 1.86. The maximum atomic E-state index is 13.3. The van der Waals surface area contributed by atoms with Gasteiger partial charge in [-0.15, -0.1) is 0 Å². The van der Waals surface area contributed by atoms with E-state index >= 15 is 0 Å². The van der Waals surface area contributed by atoms with Crippen LogP contribution in [0.3, 0.4) is 0 Å². The summed E-state index contributed by atoms with van der Waals surface area (Å²) in [5.74, 6) is 0.222. The number of halogens is 3. The molecule has 0 unspecified atom stereocenters. The SMILES string of the molecule is O=C(O)NCc1cc(Oc2cccc(C(=O)NCCCCCNC(=O)CCCC[C@@H]3SC[C@@H]4NC(=O)N[C@@H]43)c2)nc(C(F)(F)F)c1. The molecule has 250 valence electrons. The van der Waals surface area contributed by atoms with Gasteiger partial charge in [0.05, 0.1) is 12.1 Å². The van der Waals surface area contributed by atoms with E-state index in [4.69, 9.17) is 9.84 Å². The van der Waals surface area contributed by atoms with Crippen molar-refractivity contribution >= 4 is 35.7 Å². The van der Waals surface area contributed by atoms with E-state index in [1.54, 1.807) is 0 Å². The molecule has 0 bridgehead atoms. The fourth-order valence-corrected chi connectivity index (χ4v) is 6.72. The number of unbranched alkanes of at least 4 members (excludes halogenated alkanes) is 3. The predicted molar refractivity (Wildman–Crippen MR) is 164 cm³/mol. The third-order valence-corrected chi connectivity index (χ3v) is 8.96. The molecule has 16 heteroatoms. The molecule has 1 aromatic heterocycles. The summed E-state index contributed by atoms with van der Waals surface area (Å²) in [6.07, 6.45) is -0.804. The first-order valence-corrected chi connectivity index (χ1v) is 16.1. The molecule has 5 amide bonds. The molecule has 46 heavy (non-hydrogen) atoms. The number of carbonyl (C=O) groups excluding carboxylic acids is 3. The van der Waals surface area contributed by atoms with Crippen molar-refractivity contribution in [2.45, 2.75) is 75.0 Å². The quantitative estimate of drug-likeness (QED) is 0.113. The fraction of sp³-hybridized carbons (Fsp3) is 0.500. The highest BCUT2D eigenvalue weighted by molar-refractivity contribution is 8.00. The van der Waals surface area contributed by atoms with Crippen LogP contribution in [0.1, 0.15) is 66.6 Å². The Morgan fingerprint density at radius 2 is 1.78 bits per heavy atom. The van der Waals surface area contributed by atoms with E-state index in [9.17, 15) is 32.3 Å². The second kappa shape index (κ2) is 16.4. The van der Waals surface area contributed by atoms with Gasteiger partial charge in [-0.3, -0.25) is 9.59 Å². The Balaban J connectivity index is 1.11. The number of ether oxygens (including phenoxy) is 1. The summed E-state index contributed by atoms with van der Waals surface area (Å²) < 4.78 is 45.4. The van der Waals surface area contributed by atoms with Gasteiger partial charge >= 0.3 is 18.3 Å². The molecule has 2 aromatic rings. The molecule has 0 saturated carbocycles. The van der Waals surface area contributed by atoms with Gasteiger partial charge in [0.25, 0.3) is 5.91 Å². The standard InChI is InChI=1S/C30H37F3N6O6S/c31-30(32,33)23-13-18(16-36-29(43)44)14-25(38-23)45-20-8-6-7-19(15-20)27(41)35-12-5-1-4-11-34-24(40)10-3-2-9-22-26-21(17-46-22)37-28(42)39-26/h6-8,13-15,21-22,26,36H,1-5,9-12,16-17H2,(H,34,40)(H,35,41)(H,43,44)(H2,37,39,42)/t21-,22-,26-/m0/s1. The highest BCUT2D eigenvalue weighted by Crippen LogP contribution is 2.33. The molecule has 2 aliphatic heterocycles. The van der Waals surface area contributed by atoms with Gasteiger partial charge in [0, 0.05) is 48.7 Å². The zero-order valence-corrected chi connectivity index (χ0v) is 25.8. The summed E-state index contributed by atoms with van der Waals surface area (Å²) in [5, 5.41) is 22.8. The Hall–Kier alpha value is -4.21. The number of aromatic nitrogens is 1.